The van der Waals surface area contributed by atoms with Gasteiger partial charge in [-0.05, 0) is 24.3 Å². The van der Waals surface area contributed by atoms with Gasteiger partial charge in [0.15, 0.2) is 0 Å². The summed E-state index contributed by atoms with van der Waals surface area (Å²) in [5.74, 6) is -1.99. The number of amides is 2. The molecule has 1 heterocycles. The highest BCUT2D eigenvalue weighted by Gasteiger charge is 2.35. The molecule has 2 aromatic carbocycles. The highest BCUT2D eigenvalue weighted by Crippen LogP contribution is 2.27. The van der Waals surface area contributed by atoms with E-state index in [0.29, 0.717) is 11.4 Å². The van der Waals surface area contributed by atoms with Crippen LogP contribution in [0.5, 0.6) is 0 Å². The third-order valence-corrected chi connectivity index (χ3v) is 4.39. The van der Waals surface area contributed by atoms with E-state index in [-0.39, 0.29) is 24.2 Å². The van der Waals surface area contributed by atoms with Gasteiger partial charge < -0.3 is 19.3 Å². The maximum atomic E-state index is 12.8. The molecule has 0 aliphatic carbocycles. The number of rotatable bonds is 4. The van der Waals surface area contributed by atoms with E-state index in [4.69, 9.17) is 9.47 Å². The average Bonchev–Trinajstić information content (AvgIpc) is 2.74. The number of esters is 2. The molecule has 0 bridgehead atoms. The molecule has 0 aromatic heterocycles. The van der Waals surface area contributed by atoms with E-state index >= 15 is 0 Å². The number of hydrogen-bond donors (Lipinski definition) is 0. The van der Waals surface area contributed by atoms with Crippen molar-refractivity contribution in [2.45, 2.75) is 0 Å². The summed E-state index contributed by atoms with van der Waals surface area (Å²) in [6.45, 7) is -0.551. The SMILES string of the molecule is COC(=O)c1ccccc1N1CC(=O)N(c2ccccc2C(=O)OC)CC1=O. The Balaban J connectivity index is 1.93. The van der Waals surface area contributed by atoms with Crippen LogP contribution in [-0.2, 0) is 19.1 Å². The molecule has 1 aliphatic heterocycles. The lowest BCUT2D eigenvalue weighted by molar-refractivity contribution is -0.125. The Bertz CT molecular complexity index is 878. The van der Waals surface area contributed by atoms with Crippen LogP contribution in [0.25, 0.3) is 0 Å². The molecule has 0 unspecified atom stereocenters. The molecule has 8 nitrogen and oxygen atoms in total. The number of piperazine rings is 1. The summed E-state index contributed by atoms with van der Waals surface area (Å²) in [5, 5.41) is 0. The zero-order valence-electron chi connectivity index (χ0n) is 15.4. The van der Waals surface area contributed by atoms with Gasteiger partial charge in [-0.15, -0.1) is 0 Å². The molecule has 0 radical (unpaired) electrons. The van der Waals surface area contributed by atoms with Crippen LogP contribution in [0.2, 0.25) is 0 Å². The standard InChI is InChI=1S/C20H18N2O6/c1-27-19(25)13-7-3-5-9-15(13)21-11-18(24)22(12-17(21)23)16-10-6-4-8-14(16)20(26)28-2/h3-10H,11-12H2,1-2H3. The van der Waals surface area contributed by atoms with Crippen LogP contribution in [0.15, 0.2) is 48.5 Å². The van der Waals surface area contributed by atoms with Crippen LogP contribution < -0.4 is 9.80 Å². The molecular formula is C20H18N2O6. The number of ether oxygens (including phenoxy) is 2. The minimum atomic E-state index is -0.602. The number of nitrogens with zero attached hydrogens (tertiary/aromatic N) is 2. The first-order chi connectivity index (χ1) is 13.5. The first-order valence-electron chi connectivity index (χ1n) is 8.43. The van der Waals surface area contributed by atoms with Gasteiger partial charge in [0.2, 0.25) is 11.8 Å². The molecule has 2 amide bonds. The molecule has 0 atom stereocenters. The summed E-state index contributed by atoms with van der Waals surface area (Å²) in [5.41, 5.74) is 0.978. The summed E-state index contributed by atoms with van der Waals surface area (Å²) in [6.07, 6.45) is 0. The van der Waals surface area contributed by atoms with Gasteiger partial charge in [0.1, 0.15) is 13.1 Å². The summed E-state index contributed by atoms with van der Waals surface area (Å²) >= 11 is 0. The molecular weight excluding hydrogens is 364 g/mol. The van der Waals surface area contributed by atoms with Crippen LogP contribution in [0.4, 0.5) is 11.4 Å². The monoisotopic (exact) mass is 382 g/mol. The lowest BCUT2D eigenvalue weighted by Crippen LogP contribution is -2.54. The zero-order chi connectivity index (χ0) is 20.3. The molecule has 0 N–H and O–H groups in total. The van der Waals surface area contributed by atoms with Crippen molar-refractivity contribution in [3.05, 3.63) is 59.7 Å². The molecule has 0 spiro atoms. The van der Waals surface area contributed by atoms with Crippen molar-refractivity contribution in [2.75, 3.05) is 37.1 Å². The quantitative estimate of drug-likeness (QED) is 0.747. The van der Waals surface area contributed by atoms with Crippen molar-refractivity contribution in [3.8, 4) is 0 Å². The normalized spacial score (nSPS) is 14.1. The van der Waals surface area contributed by atoms with Gasteiger partial charge in [-0.2, -0.15) is 0 Å². The van der Waals surface area contributed by atoms with E-state index in [2.05, 4.69) is 0 Å². The molecule has 8 heteroatoms. The molecule has 3 rings (SSSR count). The minimum Gasteiger partial charge on any atom is -0.465 e. The predicted octanol–water partition coefficient (Wildman–Crippen LogP) is 1.64. The van der Waals surface area contributed by atoms with E-state index in [0.717, 1.165) is 0 Å². The number of methoxy groups -OCH3 is 2. The fourth-order valence-corrected chi connectivity index (χ4v) is 3.04. The first kappa shape index (κ1) is 19.1. The summed E-state index contributed by atoms with van der Waals surface area (Å²) in [4.78, 5) is 52.1. The van der Waals surface area contributed by atoms with Gasteiger partial charge in [0.25, 0.3) is 0 Å². The number of hydrogen-bond acceptors (Lipinski definition) is 6. The fraction of sp³-hybridized carbons (Fsp3) is 0.200. The van der Waals surface area contributed by atoms with Crippen LogP contribution in [0.3, 0.4) is 0 Å². The second-order valence-corrected chi connectivity index (χ2v) is 5.98. The molecule has 1 saturated heterocycles. The number of para-hydroxylation sites is 2. The molecule has 1 aliphatic rings. The highest BCUT2D eigenvalue weighted by molar-refractivity contribution is 6.15. The van der Waals surface area contributed by atoms with E-state index < -0.39 is 23.8 Å². The molecule has 1 fully saturated rings. The summed E-state index contributed by atoms with van der Waals surface area (Å²) < 4.78 is 9.50. The van der Waals surface area contributed by atoms with Gasteiger partial charge in [0.05, 0.1) is 36.7 Å². The van der Waals surface area contributed by atoms with Gasteiger partial charge in [-0.25, -0.2) is 9.59 Å². The van der Waals surface area contributed by atoms with Crippen LogP contribution >= 0.6 is 0 Å². The van der Waals surface area contributed by atoms with Crippen molar-refractivity contribution < 1.29 is 28.7 Å². The molecule has 2 aromatic rings. The Morgan fingerprint density at radius 3 is 1.43 bits per heavy atom. The summed E-state index contributed by atoms with van der Waals surface area (Å²) in [6, 6.07) is 12.8. The van der Waals surface area contributed by atoms with Crippen molar-refractivity contribution in [3.63, 3.8) is 0 Å². The second kappa shape index (κ2) is 7.91. The number of anilines is 2. The van der Waals surface area contributed by atoms with Gasteiger partial charge >= 0.3 is 11.9 Å². The number of carbonyl (C=O) groups excluding carboxylic acids is 4. The Morgan fingerprint density at radius 2 is 1.07 bits per heavy atom. The fourth-order valence-electron chi connectivity index (χ4n) is 3.04. The van der Waals surface area contributed by atoms with E-state index in [1.54, 1.807) is 36.4 Å². The Hall–Kier alpha value is -3.68. The zero-order valence-corrected chi connectivity index (χ0v) is 15.4. The smallest absolute Gasteiger partial charge is 0.339 e. The number of benzene rings is 2. The largest absolute Gasteiger partial charge is 0.465 e. The third kappa shape index (κ3) is 3.44. The van der Waals surface area contributed by atoms with Crippen LogP contribution in [0.1, 0.15) is 20.7 Å². The first-order valence-corrected chi connectivity index (χ1v) is 8.43. The topological polar surface area (TPSA) is 93.2 Å². The van der Waals surface area contributed by atoms with Crippen molar-refractivity contribution >= 4 is 35.1 Å². The molecule has 144 valence electrons. The Morgan fingerprint density at radius 1 is 0.714 bits per heavy atom. The van der Waals surface area contributed by atoms with Gasteiger partial charge in [0, 0.05) is 0 Å². The summed E-state index contributed by atoms with van der Waals surface area (Å²) in [7, 11) is 2.49. The molecule has 28 heavy (non-hydrogen) atoms. The van der Waals surface area contributed by atoms with E-state index in [1.807, 2.05) is 0 Å². The molecule has 0 saturated carbocycles. The highest BCUT2D eigenvalue weighted by atomic mass is 16.5. The maximum Gasteiger partial charge on any atom is 0.339 e. The van der Waals surface area contributed by atoms with Gasteiger partial charge in [-0.3, -0.25) is 9.59 Å². The maximum absolute atomic E-state index is 12.8. The second-order valence-electron chi connectivity index (χ2n) is 5.98. The van der Waals surface area contributed by atoms with E-state index in [1.165, 1.54) is 36.2 Å². The van der Waals surface area contributed by atoms with Crippen molar-refractivity contribution in [2.24, 2.45) is 0 Å². The minimum absolute atomic E-state index is 0.189. The lowest BCUT2D eigenvalue weighted by atomic mass is 10.1. The third-order valence-electron chi connectivity index (χ3n) is 4.39. The van der Waals surface area contributed by atoms with Crippen LogP contribution in [-0.4, -0.2) is 51.1 Å². The average molecular weight is 382 g/mol. The van der Waals surface area contributed by atoms with Crippen molar-refractivity contribution in [1.29, 1.82) is 0 Å². The Kier molecular flexibility index (Phi) is 5.39. The number of carbonyl (C=O) groups is 4. The van der Waals surface area contributed by atoms with Crippen molar-refractivity contribution in [1.82, 2.24) is 0 Å². The Labute approximate surface area is 161 Å². The van der Waals surface area contributed by atoms with Gasteiger partial charge in [-0.1, -0.05) is 24.3 Å². The lowest BCUT2D eigenvalue weighted by Gasteiger charge is -2.35. The van der Waals surface area contributed by atoms with Crippen LogP contribution in [0, 0.1) is 0 Å². The van der Waals surface area contributed by atoms with E-state index in [9.17, 15) is 19.2 Å². The predicted molar refractivity (Wildman–Crippen MR) is 100 cm³/mol.